The van der Waals surface area contributed by atoms with Gasteiger partial charge < -0.3 is 10.0 Å². The van der Waals surface area contributed by atoms with Gasteiger partial charge in [0.15, 0.2) is 0 Å². The number of hydrogen-bond donors (Lipinski definition) is 1. The van der Waals surface area contributed by atoms with Crippen LogP contribution in [0, 0.1) is 18.8 Å². The molecule has 7 nitrogen and oxygen atoms in total. The molecule has 0 unspecified atom stereocenters. The molecular weight excluding hydrogens is 476 g/mol. The molecule has 38 heavy (non-hydrogen) atoms. The predicted octanol–water partition coefficient (Wildman–Crippen LogP) is 5.61. The van der Waals surface area contributed by atoms with Gasteiger partial charge >= 0.3 is 5.97 Å². The lowest BCUT2D eigenvalue weighted by molar-refractivity contribution is -0.138. The molecule has 5 aliphatic heterocycles. The van der Waals surface area contributed by atoms with Gasteiger partial charge in [0.05, 0.1) is 11.9 Å². The van der Waals surface area contributed by atoms with Crippen LogP contribution in [0.3, 0.4) is 0 Å². The van der Waals surface area contributed by atoms with Crippen molar-refractivity contribution in [2.75, 3.05) is 6.54 Å². The SMILES string of the molecule is Cc1c2ccc3c1nnn3CCCCCC1CCC(CC1)C(=O)N1CCc3ccc(cc3C1)[C@@H]2CC(=O)O. The molecule has 1 aliphatic carbocycles. The molecule has 1 fully saturated rings. The van der Waals surface area contributed by atoms with Crippen molar-refractivity contribution in [2.45, 2.75) is 90.1 Å². The van der Waals surface area contributed by atoms with Crippen molar-refractivity contribution in [3.05, 3.63) is 58.1 Å². The highest BCUT2D eigenvalue weighted by molar-refractivity contribution is 5.81. The van der Waals surface area contributed by atoms with Gasteiger partial charge in [0, 0.05) is 31.5 Å². The van der Waals surface area contributed by atoms with Crippen LogP contribution >= 0.6 is 0 Å². The summed E-state index contributed by atoms with van der Waals surface area (Å²) in [5.74, 6) is 0.103. The number of aryl methyl sites for hydroxylation is 2. The smallest absolute Gasteiger partial charge is 0.304 e. The average molecular weight is 515 g/mol. The molecule has 0 radical (unpaired) electrons. The summed E-state index contributed by atoms with van der Waals surface area (Å²) < 4.78 is 2.01. The second-order valence-corrected chi connectivity index (χ2v) is 11.7. The van der Waals surface area contributed by atoms with Gasteiger partial charge in [0.1, 0.15) is 5.52 Å². The Kier molecular flexibility index (Phi) is 6.93. The molecular formula is C31H38N4O3. The molecule has 9 bridgehead atoms. The van der Waals surface area contributed by atoms with Crippen LogP contribution in [0.4, 0.5) is 0 Å². The summed E-state index contributed by atoms with van der Waals surface area (Å²) in [5.41, 5.74) is 7.27. The molecule has 6 aliphatic rings. The van der Waals surface area contributed by atoms with Crippen LogP contribution < -0.4 is 0 Å². The first-order valence-electron chi connectivity index (χ1n) is 14.4. The number of hydrogen-bond acceptors (Lipinski definition) is 4. The molecule has 1 saturated carbocycles. The first kappa shape index (κ1) is 25.1. The van der Waals surface area contributed by atoms with Crippen LogP contribution in [0.5, 0.6) is 0 Å². The topological polar surface area (TPSA) is 88.3 Å². The Morgan fingerprint density at radius 1 is 1.00 bits per heavy atom. The number of carbonyl (C=O) groups is 2. The number of benzene rings is 2. The Morgan fingerprint density at radius 2 is 1.84 bits per heavy atom. The maximum atomic E-state index is 13.5. The van der Waals surface area contributed by atoms with Gasteiger partial charge in [-0.05, 0) is 85.3 Å². The van der Waals surface area contributed by atoms with E-state index < -0.39 is 5.97 Å². The van der Waals surface area contributed by atoms with Gasteiger partial charge in [-0.1, -0.05) is 48.7 Å². The highest BCUT2D eigenvalue weighted by Gasteiger charge is 2.31. The average Bonchev–Trinajstić information content (AvgIpc) is 3.34. The number of aromatic nitrogens is 3. The second kappa shape index (κ2) is 10.5. The molecule has 1 aromatic heterocycles. The van der Waals surface area contributed by atoms with E-state index in [4.69, 9.17) is 0 Å². The molecule has 1 amide bonds. The molecule has 1 N–H and O–H groups in total. The molecule has 6 heterocycles. The van der Waals surface area contributed by atoms with Crippen LogP contribution in [-0.2, 0) is 29.1 Å². The van der Waals surface area contributed by atoms with Crippen LogP contribution in [0.1, 0.15) is 91.5 Å². The number of rotatable bonds is 2. The predicted molar refractivity (Wildman–Crippen MR) is 146 cm³/mol. The standard InChI is InChI=1S/C31H38N4O3/c1-20-26-12-13-28-30(20)32-33-35(28)15-4-2-3-5-21-6-8-23(9-7-21)31(38)34-16-14-22-10-11-24(17-25(22)19-34)27(26)18-29(36)37/h10-13,17,21,23,27H,2-9,14-16,18-19H2,1H3,(H,36,37)/t21?,23?,27-/m0/s1. The fraction of sp³-hybridized carbons (Fsp3) is 0.548. The lowest BCUT2D eigenvalue weighted by Crippen LogP contribution is -2.41. The van der Waals surface area contributed by atoms with E-state index in [1.54, 1.807) is 0 Å². The molecule has 3 aromatic rings. The van der Waals surface area contributed by atoms with Crippen molar-refractivity contribution in [1.29, 1.82) is 0 Å². The third-order valence-electron chi connectivity index (χ3n) is 9.37. The summed E-state index contributed by atoms with van der Waals surface area (Å²) in [6.07, 6.45) is 9.93. The van der Waals surface area contributed by atoms with Gasteiger partial charge in [0.25, 0.3) is 0 Å². The Hall–Kier alpha value is -3.22. The van der Waals surface area contributed by atoms with Crippen molar-refractivity contribution in [1.82, 2.24) is 19.9 Å². The fourth-order valence-electron chi connectivity index (χ4n) is 7.12. The number of carboxylic acid groups (broad SMARTS) is 1. The van der Waals surface area contributed by atoms with Crippen LogP contribution in [0.2, 0.25) is 0 Å². The van der Waals surface area contributed by atoms with Crippen molar-refractivity contribution in [3.8, 4) is 0 Å². The van der Waals surface area contributed by atoms with Crippen molar-refractivity contribution < 1.29 is 14.7 Å². The van der Waals surface area contributed by atoms with E-state index in [9.17, 15) is 14.7 Å². The highest BCUT2D eigenvalue weighted by Crippen LogP contribution is 2.37. The Labute approximate surface area is 224 Å². The summed E-state index contributed by atoms with van der Waals surface area (Å²) in [6, 6.07) is 10.5. The summed E-state index contributed by atoms with van der Waals surface area (Å²) in [5, 5.41) is 18.8. The minimum absolute atomic E-state index is 0.00512. The van der Waals surface area contributed by atoms with Crippen LogP contribution in [0.15, 0.2) is 30.3 Å². The summed E-state index contributed by atoms with van der Waals surface area (Å²) in [7, 11) is 0. The number of amides is 1. The first-order valence-corrected chi connectivity index (χ1v) is 14.4. The maximum absolute atomic E-state index is 13.5. The van der Waals surface area contributed by atoms with Gasteiger partial charge in [-0.3, -0.25) is 9.59 Å². The molecule has 200 valence electrons. The molecule has 9 rings (SSSR count). The van der Waals surface area contributed by atoms with Gasteiger partial charge in [-0.25, -0.2) is 4.68 Å². The molecule has 0 saturated heterocycles. The second-order valence-electron chi connectivity index (χ2n) is 11.7. The largest absolute Gasteiger partial charge is 0.481 e. The van der Waals surface area contributed by atoms with Crippen molar-refractivity contribution in [2.24, 2.45) is 11.8 Å². The monoisotopic (exact) mass is 514 g/mol. The number of carbonyl (C=O) groups excluding carboxylic acids is 1. The first-order chi connectivity index (χ1) is 18.5. The van der Waals surface area contributed by atoms with Crippen LogP contribution in [-0.4, -0.2) is 43.4 Å². The molecule has 2 aromatic carbocycles. The summed E-state index contributed by atoms with van der Waals surface area (Å²) in [6.45, 7) is 4.27. The summed E-state index contributed by atoms with van der Waals surface area (Å²) in [4.78, 5) is 27.6. The van der Waals surface area contributed by atoms with E-state index in [-0.39, 0.29) is 18.3 Å². The minimum Gasteiger partial charge on any atom is -0.481 e. The Balaban J connectivity index is 1.39. The van der Waals surface area contributed by atoms with E-state index in [0.717, 1.165) is 90.8 Å². The van der Waals surface area contributed by atoms with E-state index in [1.807, 2.05) is 11.6 Å². The van der Waals surface area contributed by atoms with Crippen molar-refractivity contribution in [3.63, 3.8) is 0 Å². The lowest BCUT2D eigenvalue weighted by atomic mass is 9.79. The molecule has 1 atom stereocenters. The van der Waals surface area contributed by atoms with E-state index in [2.05, 4.69) is 45.5 Å². The molecule has 0 spiro atoms. The normalized spacial score (nSPS) is 24.3. The van der Waals surface area contributed by atoms with Crippen molar-refractivity contribution >= 4 is 22.9 Å². The zero-order valence-corrected chi connectivity index (χ0v) is 22.4. The van der Waals surface area contributed by atoms with E-state index >= 15 is 0 Å². The van der Waals surface area contributed by atoms with Gasteiger partial charge in [0.2, 0.25) is 5.91 Å². The number of nitrogens with zero attached hydrogens (tertiary/aromatic N) is 4. The third kappa shape index (κ3) is 4.83. The summed E-state index contributed by atoms with van der Waals surface area (Å²) >= 11 is 0. The number of carboxylic acids is 1. The minimum atomic E-state index is -0.825. The molecule has 7 heteroatoms. The van der Waals surface area contributed by atoms with Gasteiger partial charge in [-0.2, -0.15) is 0 Å². The fourth-order valence-corrected chi connectivity index (χ4v) is 7.12. The van der Waals surface area contributed by atoms with Crippen LogP contribution in [0.25, 0.3) is 11.0 Å². The zero-order valence-electron chi connectivity index (χ0n) is 22.4. The number of aliphatic carboxylic acids is 1. The van der Waals surface area contributed by atoms with E-state index in [1.165, 1.54) is 24.8 Å². The lowest BCUT2D eigenvalue weighted by Gasteiger charge is -2.35. The zero-order chi connectivity index (χ0) is 26.2. The maximum Gasteiger partial charge on any atom is 0.304 e. The highest BCUT2D eigenvalue weighted by atomic mass is 16.4. The van der Waals surface area contributed by atoms with E-state index in [0.29, 0.717) is 12.5 Å². The Morgan fingerprint density at radius 3 is 2.66 bits per heavy atom. The Bertz CT molecular complexity index is 1350. The van der Waals surface area contributed by atoms with Gasteiger partial charge in [-0.15, -0.1) is 5.10 Å². The quantitative estimate of drug-likeness (QED) is 0.480. The third-order valence-corrected chi connectivity index (χ3v) is 9.37.